The molecule has 1 aromatic carbocycles. The first-order chi connectivity index (χ1) is 10.0. The molecule has 5 nitrogen and oxygen atoms in total. The Hall–Kier alpha value is -1.66. The maximum atomic E-state index is 12.8. The smallest absolute Gasteiger partial charge is 0.310 e. The van der Waals surface area contributed by atoms with E-state index in [4.69, 9.17) is 4.74 Å². The number of amides is 1. The third kappa shape index (κ3) is 1.60. The van der Waals surface area contributed by atoms with E-state index in [2.05, 4.69) is 15.9 Å². The van der Waals surface area contributed by atoms with E-state index in [1.807, 2.05) is 30.3 Å². The summed E-state index contributed by atoms with van der Waals surface area (Å²) in [6.45, 7) is 0.357. The van der Waals surface area contributed by atoms with E-state index in [0.29, 0.717) is 6.54 Å². The predicted octanol–water partition coefficient (Wildman–Crippen LogP) is 1.82. The Morgan fingerprint density at radius 1 is 1.43 bits per heavy atom. The third-order valence-electron chi connectivity index (χ3n) is 4.53. The fourth-order valence-corrected chi connectivity index (χ4v) is 4.15. The van der Waals surface area contributed by atoms with Gasteiger partial charge in [-0.1, -0.05) is 24.3 Å². The number of benzene rings is 1. The summed E-state index contributed by atoms with van der Waals surface area (Å²) in [5.41, 5.74) is -0.0454. The minimum Gasteiger partial charge on any atom is -0.481 e. The van der Waals surface area contributed by atoms with Gasteiger partial charge in [0.15, 0.2) is 0 Å². The number of hydrogen-bond donors (Lipinski definition) is 1. The summed E-state index contributed by atoms with van der Waals surface area (Å²) in [5, 5.41) is 9.41. The zero-order valence-corrected chi connectivity index (χ0v) is 12.5. The van der Waals surface area contributed by atoms with Gasteiger partial charge in [-0.2, -0.15) is 0 Å². The monoisotopic (exact) mass is 349 g/mol. The number of carboxylic acid groups (broad SMARTS) is 1. The van der Waals surface area contributed by atoms with Gasteiger partial charge < -0.3 is 14.7 Å². The molecular weight excluding hydrogens is 338 g/mol. The largest absolute Gasteiger partial charge is 0.481 e. The maximum absolute atomic E-state index is 12.8. The lowest BCUT2D eigenvalue weighted by atomic mass is 9.77. The number of rotatable bonds is 2. The van der Waals surface area contributed by atoms with Crippen LogP contribution < -0.4 is 4.90 Å². The highest BCUT2D eigenvalue weighted by atomic mass is 79.9. The first-order valence-corrected chi connectivity index (χ1v) is 7.49. The molecule has 1 amide bonds. The van der Waals surface area contributed by atoms with Crippen LogP contribution in [0.15, 0.2) is 40.9 Å². The molecule has 6 heteroatoms. The molecule has 3 aliphatic rings. The summed E-state index contributed by atoms with van der Waals surface area (Å²) in [6.07, 6.45) is 3.14. The number of anilines is 1. The van der Waals surface area contributed by atoms with Gasteiger partial charge in [0.1, 0.15) is 11.5 Å². The highest BCUT2D eigenvalue weighted by Crippen LogP contribution is 2.53. The topological polar surface area (TPSA) is 66.8 Å². The Labute approximate surface area is 129 Å². The Balaban J connectivity index is 1.78. The highest BCUT2D eigenvalue weighted by molar-refractivity contribution is 9.10. The van der Waals surface area contributed by atoms with Gasteiger partial charge in [-0.05, 0) is 28.1 Å². The molecule has 21 heavy (non-hydrogen) atoms. The number of carbonyl (C=O) groups excluding carboxylic acids is 1. The molecule has 2 saturated heterocycles. The molecule has 4 atom stereocenters. The van der Waals surface area contributed by atoms with Gasteiger partial charge in [0.25, 0.3) is 0 Å². The number of nitrogens with zero attached hydrogens (tertiary/aromatic N) is 1. The van der Waals surface area contributed by atoms with Gasteiger partial charge in [-0.3, -0.25) is 9.59 Å². The lowest BCUT2D eigenvalue weighted by Crippen LogP contribution is -2.39. The molecular formula is C15H12BrNO4. The fraction of sp³-hybridized carbons (Fsp3) is 0.333. The molecule has 0 unspecified atom stereocenters. The molecule has 0 saturated carbocycles. The molecule has 108 valence electrons. The van der Waals surface area contributed by atoms with E-state index in [1.165, 1.54) is 0 Å². The van der Waals surface area contributed by atoms with E-state index in [1.54, 1.807) is 11.0 Å². The Bertz CT molecular complexity index is 688. The normalized spacial score (nSPS) is 36.3. The van der Waals surface area contributed by atoms with Crippen molar-refractivity contribution >= 4 is 33.5 Å². The van der Waals surface area contributed by atoms with Gasteiger partial charge in [-0.15, -0.1) is 0 Å². The summed E-state index contributed by atoms with van der Waals surface area (Å²) < 4.78 is 6.66. The molecule has 1 spiro atoms. The Morgan fingerprint density at radius 2 is 2.19 bits per heavy atom. The first-order valence-electron chi connectivity index (χ1n) is 6.69. The van der Waals surface area contributed by atoms with Crippen molar-refractivity contribution in [2.75, 3.05) is 11.4 Å². The van der Waals surface area contributed by atoms with E-state index in [-0.39, 0.29) is 5.91 Å². The van der Waals surface area contributed by atoms with Gasteiger partial charge >= 0.3 is 5.97 Å². The van der Waals surface area contributed by atoms with Crippen LogP contribution in [0, 0.1) is 11.8 Å². The van der Waals surface area contributed by atoms with Crippen molar-refractivity contribution in [1.82, 2.24) is 0 Å². The van der Waals surface area contributed by atoms with Crippen LogP contribution in [0.2, 0.25) is 0 Å². The van der Waals surface area contributed by atoms with Crippen LogP contribution >= 0.6 is 15.9 Å². The quantitative estimate of drug-likeness (QED) is 0.827. The second kappa shape index (κ2) is 4.18. The predicted molar refractivity (Wildman–Crippen MR) is 77.9 cm³/mol. The summed E-state index contributed by atoms with van der Waals surface area (Å²) >= 11 is 3.44. The van der Waals surface area contributed by atoms with Crippen LogP contribution in [0.4, 0.5) is 5.69 Å². The molecule has 4 rings (SSSR count). The lowest BCUT2D eigenvalue weighted by Gasteiger charge is -2.22. The second-order valence-corrected chi connectivity index (χ2v) is 6.47. The zero-order valence-electron chi connectivity index (χ0n) is 10.9. The van der Waals surface area contributed by atoms with E-state index >= 15 is 0 Å². The van der Waals surface area contributed by atoms with Gasteiger partial charge in [0.2, 0.25) is 5.91 Å². The van der Waals surface area contributed by atoms with Crippen molar-refractivity contribution in [2.45, 2.75) is 11.7 Å². The van der Waals surface area contributed by atoms with Crippen molar-refractivity contribution in [3.63, 3.8) is 0 Å². The molecule has 0 aromatic heterocycles. The zero-order chi connectivity index (χ0) is 14.8. The molecule has 0 aliphatic carbocycles. The Kier molecular flexibility index (Phi) is 2.59. The number of carbonyl (C=O) groups is 2. The van der Waals surface area contributed by atoms with Gasteiger partial charge in [-0.25, -0.2) is 0 Å². The number of aliphatic carboxylic acids is 1. The number of ether oxygens (including phenoxy) is 1. The third-order valence-corrected chi connectivity index (χ3v) is 5.20. The first kappa shape index (κ1) is 13.0. The molecule has 2 bridgehead atoms. The van der Waals surface area contributed by atoms with Crippen LogP contribution in [-0.2, 0) is 14.3 Å². The van der Waals surface area contributed by atoms with Crippen molar-refractivity contribution in [1.29, 1.82) is 0 Å². The van der Waals surface area contributed by atoms with E-state index in [0.717, 1.165) is 10.2 Å². The molecule has 1 aromatic rings. The van der Waals surface area contributed by atoms with Crippen LogP contribution in [0.3, 0.4) is 0 Å². The van der Waals surface area contributed by atoms with Crippen molar-refractivity contribution in [2.24, 2.45) is 11.8 Å². The van der Waals surface area contributed by atoms with Crippen LogP contribution in [0.25, 0.3) is 0 Å². The molecule has 2 fully saturated rings. The van der Waals surface area contributed by atoms with E-state index < -0.39 is 29.5 Å². The fourth-order valence-electron chi connectivity index (χ4n) is 3.65. The van der Waals surface area contributed by atoms with Crippen LogP contribution in [0.1, 0.15) is 0 Å². The minimum absolute atomic E-state index is 0.179. The number of hydrogen-bond acceptors (Lipinski definition) is 3. The summed E-state index contributed by atoms with van der Waals surface area (Å²) in [5.74, 6) is -2.59. The Morgan fingerprint density at radius 3 is 2.90 bits per heavy atom. The van der Waals surface area contributed by atoms with Crippen LogP contribution in [-0.4, -0.2) is 35.2 Å². The van der Waals surface area contributed by atoms with Gasteiger partial charge in [0, 0.05) is 4.47 Å². The molecule has 0 radical (unpaired) electrons. The van der Waals surface area contributed by atoms with Crippen molar-refractivity contribution in [3.8, 4) is 0 Å². The number of carboxylic acids is 1. The molecule has 3 heterocycles. The number of fused-ring (bicyclic) bond motifs is 1. The number of para-hydroxylation sites is 1. The average Bonchev–Trinajstić information content (AvgIpc) is 3.08. The summed E-state index contributed by atoms with van der Waals surface area (Å²) in [4.78, 5) is 25.9. The average molecular weight is 350 g/mol. The maximum Gasteiger partial charge on any atom is 0.310 e. The van der Waals surface area contributed by atoms with Crippen molar-refractivity contribution in [3.05, 3.63) is 40.9 Å². The minimum atomic E-state index is -0.974. The van der Waals surface area contributed by atoms with Crippen molar-refractivity contribution < 1.29 is 19.4 Å². The van der Waals surface area contributed by atoms with E-state index in [9.17, 15) is 14.7 Å². The second-order valence-electron chi connectivity index (χ2n) is 5.61. The lowest BCUT2D eigenvalue weighted by molar-refractivity contribution is -0.146. The SMILES string of the molecule is O=C(O)[C@@H]1[C@H]2C(=O)N(c3ccccc3Br)C[C@@]23C=C[C@H]1O3. The standard InChI is InChI=1S/C15H12BrNO4/c16-8-3-1-2-4-9(8)17-7-15-6-5-10(21-15)11(14(19)20)12(15)13(17)18/h1-6,10-12H,7H2,(H,19,20)/t10-,11+,12+,15+/m1/s1. The van der Waals surface area contributed by atoms with Gasteiger partial charge in [0.05, 0.1) is 24.3 Å². The molecule has 1 N–H and O–H groups in total. The summed E-state index contributed by atoms with van der Waals surface area (Å²) in [6, 6.07) is 7.42. The number of halogens is 1. The highest BCUT2D eigenvalue weighted by Gasteiger charge is 2.67. The summed E-state index contributed by atoms with van der Waals surface area (Å²) in [7, 11) is 0. The molecule has 3 aliphatic heterocycles. The van der Waals surface area contributed by atoms with Crippen LogP contribution in [0.5, 0.6) is 0 Å².